The third kappa shape index (κ3) is 6.06. The number of aromatic nitrogens is 2. The molecule has 0 spiro atoms. The van der Waals surface area contributed by atoms with Gasteiger partial charge in [0.2, 0.25) is 0 Å². The molecule has 4 heterocycles. The highest BCUT2D eigenvalue weighted by Gasteiger charge is 2.38. The molecule has 2 atom stereocenters. The summed E-state index contributed by atoms with van der Waals surface area (Å²) in [5.41, 5.74) is 1.83. The number of aromatic amines is 1. The molecule has 14 heteroatoms. The standard InChI is InChI=1S/C25H31N5O6S3/c1-30(39(32,33)22-5-3-4-6-27-22)21-13-18(35-10-9-34-2)11-17-12-20(29-23(17)21)24-28-15-19(37-24)14-25(38-31)16-26-7-8-36-25/h3-6,11-13,19,26,29,31H,7-10,14-16H2,1-2H3. The third-order valence-electron chi connectivity index (χ3n) is 6.62. The molecule has 0 saturated carbocycles. The number of H-pyrrole nitrogens is 1. The summed E-state index contributed by atoms with van der Waals surface area (Å²) in [6, 6.07) is 10.3. The number of thioether (sulfide) groups is 1. The van der Waals surface area contributed by atoms with Gasteiger partial charge in [-0.1, -0.05) is 17.8 Å². The first-order valence-electron chi connectivity index (χ1n) is 12.5. The first-order valence-corrected chi connectivity index (χ1v) is 15.6. The van der Waals surface area contributed by atoms with Crippen LogP contribution in [0.15, 0.2) is 52.6 Å². The molecule has 39 heavy (non-hydrogen) atoms. The van der Waals surface area contributed by atoms with Crippen LogP contribution in [0.25, 0.3) is 10.9 Å². The summed E-state index contributed by atoms with van der Waals surface area (Å²) in [6.45, 7) is 3.35. The molecule has 3 aromatic rings. The number of benzene rings is 1. The Bertz CT molecular complexity index is 1430. The topological polar surface area (TPSA) is 146 Å². The Labute approximate surface area is 236 Å². The quantitative estimate of drug-likeness (QED) is 0.251. The zero-order valence-electron chi connectivity index (χ0n) is 21.7. The number of rotatable bonds is 11. The van der Waals surface area contributed by atoms with Gasteiger partial charge >= 0.3 is 0 Å². The Balaban J connectivity index is 1.44. The Kier molecular flexibility index (Phi) is 8.71. The second kappa shape index (κ2) is 12.0. The van der Waals surface area contributed by atoms with E-state index in [1.807, 2.05) is 12.1 Å². The lowest BCUT2D eigenvalue weighted by Gasteiger charge is -2.38. The molecular formula is C25H31N5O6S3. The number of methoxy groups -OCH3 is 1. The molecule has 2 aromatic heterocycles. The molecule has 210 valence electrons. The highest BCUT2D eigenvalue weighted by molar-refractivity contribution is 8.15. The van der Waals surface area contributed by atoms with Crippen LogP contribution in [0.2, 0.25) is 0 Å². The minimum Gasteiger partial charge on any atom is -0.797 e. The van der Waals surface area contributed by atoms with E-state index in [-0.39, 0.29) is 10.3 Å². The van der Waals surface area contributed by atoms with Crippen LogP contribution >= 0.6 is 23.8 Å². The van der Waals surface area contributed by atoms with E-state index in [4.69, 9.17) is 19.2 Å². The zero-order chi connectivity index (χ0) is 27.5. The lowest BCUT2D eigenvalue weighted by Crippen LogP contribution is -2.91. The highest BCUT2D eigenvalue weighted by atomic mass is 32.2. The van der Waals surface area contributed by atoms with E-state index in [9.17, 15) is 13.0 Å². The second-order valence-corrected chi connectivity index (χ2v) is 13.4. The zero-order valence-corrected chi connectivity index (χ0v) is 24.1. The third-order valence-corrected chi connectivity index (χ3v) is 10.3. The van der Waals surface area contributed by atoms with Crippen LogP contribution < -0.4 is 14.4 Å². The van der Waals surface area contributed by atoms with Gasteiger partial charge in [0.15, 0.2) is 9.96 Å². The van der Waals surface area contributed by atoms with E-state index >= 15 is 0 Å². The summed E-state index contributed by atoms with van der Waals surface area (Å²) in [5.74, 6) is 0.516. The van der Waals surface area contributed by atoms with Gasteiger partial charge in [-0.15, -0.1) is 0 Å². The Hall–Kier alpha value is -2.33. The van der Waals surface area contributed by atoms with Crippen molar-refractivity contribution in [2.45, 2.75) is 21.6 Å². The van der Waals surface area contributed by atoms with Crippen molar-refractivity contribution < 1.29 is 32.5 Å². The molecule has 2 aliphatic heterocycles. The first kappa shape index (κ1) is 28.2. The van der Waals surface area contributed by atoms with Gasteiger partial charge < -0.3 is 29.1 Å². The van der Waals surface area contributed by atoms with Crippen LogP contribution in [0.5, 0.6) is 5.75 Å². The molecular weight excluding hydrogens is 563 g/mol. The molecule has 1 saturated heterocycles. The van der Waals surface area contributed by atoms with E-state index in [2.05, 4.69) is 15.3 Å². The number of nitrogens with one attached hydrogen (secondary N) is 1. The van der Waals surface area contributed by atoms with Gasteiger partial charge in [0.1, 0.15) is 23.9 Å². The number of hydrogen-bond donors (Lipinski definition) is 2. The smallest absolute Gasteiger partial charge is 0.281 e. The maximum Gasteiger partial charge on any atom is 0.281 e. The van der Waals surface area contributed by atoms with Crippen LogP contribution in [-0.4, -0.2) is 91.8 Å². The van der Waals surface area contributed by atoms with Crippen LogP contribution in [0.1, 0.15) is 12.1 Å². The number of hydrogen-bond acceptors (Lipinski definition) is 10. The number of ether oxygens (including phenoxy) is 3. The normalized spacial score (nSPS) is 21.7. The van der Waals surface area contributed by atoms with E-state index in [0.717, 1.165) is 22.7 Å². The monoisotopic (exact) mass is 593 g/mol. The number of quaternary nitrogens is 1. The van der Waals surface area contributed by atoms with Crippen molar-refractivity contribution in [3.63, 3.8) is 0 Å². The van der Waals surface area contributed by atoms with Crippen molar-refractivity contribution in [1.29, 1.82) is 0 Å². The summed E-state index contributed by atoms with van der Waals surface area (Å²) < 4.78 is 56.8. The molecule has 2 unspecified atom stereocenters. The first-order chi connectivity index (χ1) is 18.8. The summed E-state index contributed by atoms with van der Waals surface area (Å²) in [7, 11) is -0.845. The molecule has 0 bridgehead atoms. The number of sulfonamides is 1. The van der Waals surface area contributed by atoms with Gasteiger partial charge in [-0.2, -0.15) is 8.42 Å². The number of anilines is 1. The number of aliphatic imine (C=N–C) groups is 1. The Morgan fingerprint density at radius 2 is 2.21 bits per heavy atom. The maximum atomic E-state index is 13.4. The number of nitrogens with two attached hydrogens (primary N) is 1. The average Bonchev–Trinajstić information content (AvgIpc) is 3.60. The molecule has 11 nitrogen and oxygen atoms in total. The minimum atomic E-state index is -3.93. The van der Waals surface area contributed by atoms with Crippen molar-refractivity contribution in [3.8, 4) is 5.75 Å². The van der Waals surface area contributed by atoms with Gasteiger partial charge in [-0.3, -0.25) is 9.30 Å². The van der Waals surface area contributed by atoms with Crippen molar-refractivity contribution in [1.82, 2.24) is 9.97 Å². The summed E-state index contributed by atoms with van der Waals surface area (Å²) in [5, 5.41) is 3.77. The van der Waals surface area contributed by atoms with Gasteiger partial charge in [0, 0.05) is 43.5 Å². The number of pyridine rings is 1. The maximum absolute atomic E-state index is 13.4. The molecule has 0 radical (unpaired) electrons. The number of morpholine rings is 1. The Morgan fingerprint density at radius 3 is 2.92 bits per heavy atom. The van der Waals surface area contributed by atoms with Crippen molar-refractivity contribution in [2.75, 3.05) is 57.9 Å². The van der Waals surface area contributed by atoms with Crippen molar-refractivity contribution >= 4 is 55.5 Å². The van der Waals surface area contributed by atoms with Crippen LogP contribution in [0, 0.1) is 0 Å². The number of nitrogens with zero attached hydrogens (tertiary/aromatic N) is 3. The van der Waals surface area contributed by atoms with E-state index in [0.29, 0.717) is 68.3 Å². The van der Waals surface area contributed by atoms with E-state index < -0.39 is 15.0 Å². The van der Waals surface area contributed by atoms with Gasteiger partial charge in [0.25, 0.3) is 10.0 Å². The minimum absolute atomic E-state index is 0.0518. The summed E-state index contributed by atoms with van der Waals surface area (Å²) >= 11 is 2.14. The van der Waals surface area contributed by atoms with E-state index in [1.54, 1.807) is 37.1 Å². The van der Waals surface area contributed by atoms with Crippen LogP contribution in [0.4, 0.5) is 5.69 Å². The number of fused-ring (bicyclic) bond motifs is 1. The van der Waals surface area contributed by atoms with Gasteiger partial charge in [0.05, 0.1) is 43.2 Å². The second-order valence-electron chi connectivity index (χ2n) is 9.29. The Morgan fingerprint density at radius 1 is 1.33 bits per heavy atom. The fourth-order valence-corrected chi connectivity index (χ4v) is 7.64. The average molecular weight is 594 g/mol. The molecule has 0 aliphatic carbocycles. The molecule has 1 aromatic carbocycles. The van der Waals surface area contributed by atoms with Gasteiger partial charge in [-0.25, -0.2) is 17.0 Å². The van der Waals surface area contributed by atoms with Crippen LogP contribution in [0.3, 0.4) is 0 Å². The molecule has 1 fully saturated rings. The molecule has 0 amide bonds. The molecule has 3 N–H and O–H groups in total. The summed E-state index contributed by atoms with van der Waals surface area (Å²) in [6.07, 6.45) is 2.05. The predicted octanol–water partition coefficient (Wildman–Crippen LogP) is 1.82. The van der Waals surface area contributed by atoms with Gasteiger partial charge in [-0.05, 0) is 24.3 Å². The fraction of sp³-hybridized carbons (Fsp3) is 0.440. The lowest BCUT2D eigenvalue weighted by molar-refractivity contribution is -0.680. The van der Waals surface area contributed by atoms with Crippen molar-refractivity contribution in [3.05, 3.63) is 48.3 Å². The largest absolute Gasteiger partial charge is 0.797 e. The van der Waals surface area contributed by atoms with Crippen LogP contribution in [-0.2, 0) is 19.5 Å². The fourth-order valence-electron chi connectivity index (χ4n) is 4.62. The lowest BCUT2D eigenvalue weighted by atomic mass is 10.1. The van der Waals surface area contributed by atoms with Crippen molar-refractivity contribution in [2.24, 2.45) is 4.99 Å². The molecule has 5 rings (SSSR count). The highest BCUT2D eigenvalue weighted by Crippen LogP contribution is 2.39. The van der Waals surface area contributed by atoms with E-state index in [1.165, 1.54) is 23.6 Å². The molecule has 2 aliphatic rings. The predicted molar refractivity (Wildman–Crippen MR) is 152 cm³/mol. The SMILES string of the molecule is COCCOc1cc(N(C)S(=O)(=O)c2ccccn2)c2[nH]c(C3=NCC(CC4(S[O-])C[NH2+]CCO4)S3)cc2c1. The summed E-state index contributed by atoms with van der Waals surface area (Å²) in [4.78, 5) is 11.4.